The molecule has 4 nitrogen and oxygen atoms in total. The molecule has 0 amide bonds. The van der Waals surface area contributed by atoms with Crippen LogP contribution in [0.3, 0.4) is 0 Å². The van der Waals surface area contributed by atoms with E-state index in [1.165, 1.54) is 0 Å². The molecule has 0 N–H and O–H groups in total. The highest BCUT2D eigenvalue weighted by Gasteiger charge is 2.41. The highest BCUT2D eigenvalue weighted by molar-refractivity contribution is 7.17. The van der Waals surface area contributed by atoms with E-state index in [9.17, 15) is 4.79 Å². The van der Waals surface area contributed by atoms with Crippen molar-refractivity contribution in [2.24, 2.45) is 0 Å². The zero-order valence-electron chi connectivity index (χ0n) is 15.5. The topological polar surface area (TPSA) is 47.8 Å². The molecule has 0 spiro atoms. The number of rotatable bonds is 3. The molecule has 140 valence electrons. The number of para-hydroxylation sites is 1. The van der Waals surface area contributed by atoms with Gasteiger partial charge in [0.25, 0.3) is 5.56 Å². The largest absolute Gasteiger partial charge is 0.311 e. The van der Waals surface area contributed by atoms with Crippen molar-refractivity contribution in [3.63, 3.8) is 0 Å². The Morgan fingerprint density at radius 3 is 2.76 bits per heavy atom. The van der Waals surface area contributed by atoms with Gasteiger partial charge >= 0.3 is 0 Å². The number of nitrogens with zero attached hydrogens (tertiary/aromatic N) is 3. The standard InChI is InChI=1S/C24H17N3OS/c28-24-23-18(15-7-10-25-11-8-15)14-29-22(23)9-12-27(24)21-13-17(21)20-6-5-16-3-1-2-4-19(16)26-20/h1-12,14,17,21H,13H2/t17-,21+/m0/s1. The first-order chi connectivity index (χ1) is 14.3. The summed E-state index contributed by atoms with van der Waals surface area (Å²) in [6, 6.07) is 18.5. The predicted molar refractivity (Wildman–Crippen MR) is 117 cm³/mol. The summed E-state index contributed by atoms with van der Waals surface area (Å²) < 4.78 is 2.93. The fraction of sp³-hybridized carbons (Fsp3) is 0.125. The minimum Gasteiger partial charge on any atom is -0.311 e. The van der Waals surface area contributed by atoms with Crippen LogP contribution < -0.4 is 5.56 Å². The third kappa shape index (κ3) is 2.69. The number of hydrogen-bond donors (Lipinski definition) is 0. The summed E-state index contributed by atoms with van der Waals surface area (Å²) in [7, 11) is 0. The molecular formula is C24H17N3OS. The third-order valence-electron chi connectivity index (χ3n) is 5.76. The van der Waals surface area contributed by atoms with Gasteiger partial charge in [-0.1, -0.05) is 24.3 Å². The number of pyridine rings is 3. The van der Waals surface area contributed by atoms with E-state index in [1.807, 2.05) is 41.1 Å². The summed E-state index contributed by atoms with van der Waals surface area (Å²) in [5.41, 5.74) is 4.19. The van der Waals surface area contributed by atoms with Gasteiger partial charge in [0.2, 0.25) is 0 Å². The van der Waals surface area contributed by atoms with Crippen LogP contribution in [-0.4, -0.2) is 14.5 Å². The molecule has 4 heterocycles. The van der Waals surface area contributed by atoms with Gasteiger partial charge in [-0.05, 0) is 42.3 Å². The van der Waals surface area contributed by atoms with Gasteiger partial charge in [-0.2, -0.15) is 0 Å². The summed E-state index contributed by atoms with van der Waals surface area (Å²) in [5, 5.41) is 4.02. The summed E-state index contributed by atoms with van der Waals surface area (Å²) >= 11 is 1.62. The van der Waals surface area contributed by atoms with Crippen LogP contribution in [0.4, 0.5) is 0 Å². The number of aromatic nitrogens is 3. The van der Waals surface area contributed by atoms with Crippen LogP contribution in [-0.2, 0) is 0 Å². The van der Waals surface area contributed by atoms with E-state index in [4.69, 9.17) is 4.98 Å². The molecule has 0 bridgehead atoms. The van der Waals surface area contributed by atoms with Gasteiger partial charge in [-0.15, -0.1) is 11.3 Å². The van der Waals surface area contributed by atoms with E-state index in [1.54, 1.807) is 23.7 Å². The Balaban J connectivity index is 1.41. The molecule has 1 aromatic carbocycles. The second-order valence-corrected chi connectivity index (χ2v) is 8.40. The second kappa shape index (κ2) is 6.36. The van der Waals surface area contributed by atoms with Crippen molar-refractivity contribution in [3.05, 3.63) is 94.6 Å². The van der Waals surface area contributed by atoms with E-state index in [-0.39, 0.29) is 17.5 Å². The summed E-state index contributed by atoms with van der Waals surface area (Å²) in [6.45, 7) is 0. The van der Waals surface area contributed by atoms with Crippen molar-refractivity contribution < 1.29 is 0 Å². The number of fused-ring (bicyclic) bond motifs is 2. The molecule has 1 aliphatic carbocycles. The summed E-state index contributed by atoms with van der Waals surface area (Å²) in [4.78, 5) is 22.3. The minimum absolute atomic E-state index is 0.0869. The van der Waals surface area contributed by atoms with Gasteiger partial charge < -0.3 is 4.57 Å². The highest BCUT2D eigenvalue weighted by Crippen LogP contribution is 2.50. The fourth-order valence-corrected chi connectivity index (χ4v) is 5.11. The Hall–Kier alpha value is -3.31. The molecular weight excluding hydrogens is 378 g/mol. The fourth-order valence-electron chi connectivity index (χ4n) is 4.16. The molecule has 2 atom stereocenters. The van der Waals surface area contributed by atoms with E-state index < -0.39 is 0 Å². The normalized spacial score (nSPS) is 18.3. The van der Waals surface area contributed by atoms with Crippen molar-refractivity contribution in [1.82, 2.24) is 14.5 Å². The third-order valence-corrected chi connectivity index (χ3v) is 6.71. The van der Waals surface area contributed by atoms with Gasteiger partial charge in [0.05, 0.1) is 10.9 Å². The van der Waals surface area contributed by atoms with Crippen molar-refractivity contribution in [2.75, 3.05) is 0 Å². The van der Waals surface area contributed by atoms with Crippen molar-refractivity contribution >= 4 is 32.3 Å². The molecule has 6 rings (SSSR count). The number of thiophene rings is 1. The van der Waals surface area contributed by atoms with Gasteiger partial charge in [0.1, 0.15) is 0 Å². The Morgan fingerprint density at radius 1 is 1.00 bits per heavy atom. The Labute approximate surface area is 171 Å². The van der Waals surface area contributed by atoms with Crippen molar-refractivity contribution in [1.29, 1.82) is 0 Å². The Kier molecular flexibility index (Phi) is 3.64. The average Bonchev–Trinajstić information content (AvgIpc) is 3.44. The Morgan fingerprint density at radius 2 is 1.86 bits per heavy atom. The van der Waals surface area contributed by atoms with Gasteiger partial charge in [-0.3, -0.25) is 14.8 Å². The molecule has 0 unspecified atom stereocenters. The SMILES string of the molecule is O=c1c2c(-c3ccncc3)csc2ccn1[C@@H]1C[C@H]1c1ccc2ccccc2n1. The van der Waals surface area contributed by atoms with Crippen molar-refractivity contribution in [3.8, 4) is 11.1 Å². The smallest absolute Gasteiger partial charge is 0.260 e. The Bertz CT molecular complexity index is 1420. The lowest BCUT2D eigenvalue weighted by Gasteiger charge is -2.07. The number of hydrogen-bond acceptors (Lipinski definition) is 4. The quantitative estimate of drug-likeness (QED) is 0.411. The molecule has 5 aromatic rings. The van der Waals surface area contributed by atoms with Crippen LogP contribution in [0.15, 0.2) is 83.4 Å². The van der Waals surface area contributed by atoms with E-state index in [2.05, 4.69) is 34.6 Å². The van der Waals surface area contributed by atoms with Crippen LogP contribution in [0, 0.1) is 0 Å². The monoisotopic (exact) mass is 395 g/mol. The molecule has 5 heteroatoms. The van der Waals surface area contributed by atoms with Crippen LogP contribution >= 0.6 is 11.3 Å². The first kappa shape index (κ1) is 16.6. The maximum atomic E-state index is 13.4. The molecule has 1 saturated carbocycles. The van der Waals surface area contributed by atoms with Gasteiger partial charge in [0, 0.05) is 57.3 Å². The molecule has 29 heavy (non-hydrogen) atoms. The van der Waals surface area contributed by atoms with Crippen molar-refractivity contribution in [2.45, 2.75) is 18.4 Å². The van der Waals surface area contributed by atoms with E-state index in [0.717, 1.165) is 44.2 Å². The summed E-state index contributed by atoms with van der Waals surface area (Å²) in [6.07, 6.45) is 6.43. The molecule has 0 aliphatic heterocycles. The minimum atomic E-state index is 0.0869. The highest BCUT2D eigenvalue weighted by atomic mass is 32.1. The zero-order valence-corrected chi connectivity index (χ0v) is 16.3. The molecule has 1 fully saturated rings. The lowest BCUT2D eigenvalue weighted by atomic mass is 10.1. The lowest BCUT2D eigenvalue weighted by molar-refractivity contribution is 0.688. The maximum Gasteiger partial charge on any atom is 0.260 e. The predicted octanol–water partition coefficient (Wildman–Crippen LogP) is 5.40. The zero-order chi connectivity index (χ0) is 19.4. The lowest BCUT2D eigenvalue weighted by Crippen LogP contribution is -2.18. The molecule has 1 aliphatic rings. The van der Waals surface area contributed by atoms with E-state index in [0.29, 0.717) is 0 Å². The molecule has 0 radical (unpaired) electrons. The molecule has 0 saturated heterocycles. The van der Waals surface area contributed by atoms with Crippen LogP contribution in [0.25, 0.3) is 32.1 Å². The maximum absolute atomic E-state index is 13.4. The first-order valence-corrected chi connectivity index (χ1v) is 10.6. The first-order valence-electron chi connectivity index (χ1n) is 9.68. The number of benzene rings is 1. The molecule has 4 aromatic heterocycles. The van der Waals surface area contributed by atoms with Crippen LogP contribution in [0.2, 0.25) is 0 Å². The van der Waals surface area contributed by atoms with Gasteiger partial charge in [0.15, 0.2) is 0 Å². The summed E-state index contributed by atoms with van der Waals surface area (Å²) in [5.74, 6) is 0.290. The van der Waals surface area contributed by atoms with Gasteiger partial charge in [-0.25, -0.2) is 0 Å². The second-order valence-electron chi connectivity index (χ2n) is 7.49. The van der Waals surface area contributed by atoms with E-state index >= 15 is 0 Å². The van der Waals surface area contributed by atoms with Crippen LogP contribution in [0.5, 0.6) is 0 Å². The average molecular weight is 395 g/mol. The van der Waals surface area contributed by atoms with Crippen LogP contribution in [0.1, 0.15) is 24.1 Å².